The first-order chi connectivity index (χ1) is 5.24. The molecule has 0 amide bonds. The van der Waals surface area contributed by atoms with Crippen molar-refractivity contribution in [2.45, 2.75) is 12.5 Å². The minimum Gasteiger partial charge on any atom is -0.305 e. The molecule has 1 atom stereocenters. The first-order valence-electron chi connectivity index (χ1n) is 4.19. The standard InChI is InChI=1S/C8H17FN2/c1-10-5-3-8(7-10)11(2)6-4-9/h8H,3-7H2,1-2H3/t8-/m0/s1. The Balaban J connectivity index is 2.25. The number of hydrogen-bond donors (Lipinski definition) is 0. The molecule has 0 aromatic rings. The number of likely N-dealkylation sites (N-methyl/N-ethyl adjacent to an activating group) is 2. The van der Waals surface area contributed by atoms with Crippen molar-refractivity contribution in [1.29, 1.82) is 0 Å². The number of rotatable bonds is 3. The molecule has 66 valence electrons. The van der Waals surface area contributed by atoms with Crippen molar-refractivity contribution in [3.8, 4) is 0 Å². The summed E-state index contributed by atoms with van der Waals surface area (Å²) in [5.41, 5.74) is 0. The molecular formula is C8H17FN2. The van der Waals surface area contributed by atoms with Gasteiger partial charge in [-0.3, -0.25) is 4.90 Å². The summed E-state index contributed by atoms with van der Waals surface area (Å²) in [7, 11) is 4.12. The van der Waals surface area contributed by atoms with Crippen LogP contribution in [0.25, 0.3) is 0 Å². The highest BCUT2D eigenvalue weighted by Gasteiger charge is 2.22. The van der Waals surface area contributed by atoms with Gasteiger partial charge in [-0.15, -0.1) is 0 Å². The molecule has 0 aliphatic carbocycles. The fourth-order valence-electron chi connectivity index (χ4n) is 1.59. The molecule has 1 aliphatic heterocycles. The van der Waals surface area contributed by atoms with E-state index in [4.69, 9.17) is 0 Å². The fraction of sp³-hybridized carbons (Fsp3) is 1.00. The third-order valence-electron chi connectivity index (χ3n) is 2.43. The average molecular weight is 160 g/mol. The Morgan fingerprint density at radius 2 is 2.36 bits per heavy atom. The van der Waals surface area contributed by atoms with Crippen LogP contribution in [0.3, 0.4) is 0 Å². The van der Waals surface area contributed by atoms with E-state index in [1.54, 1.807) is 0 Å². The van der Waals surface area contributed by atoms with E-state index in [0.717, 1.165) is 13.1 Å². The summed E-state index contributed by atoms with van der Waals surface area (Å²) in [5.74, 6) is 0. The van der Waals surface area contributed by atoms with E-state index in [-0.39, 0.29) is 6.67 Å². The largest absolute Gasteiger partial charge is 0.305 e. The molecule has 0 bridgehead atoms. The third kappa shape index (κ3) is 2.42. The van der Waals surface area contributed by atoms with Gasteiger partial charge in [0.2, 0.25) is 0 Å². The predicted octanol–water partition coefficient (Wildman–Crippen LogP) is 0.592. The van der Waals surface area contributed by atoms with Crippen LogP contribution in [0.5, 0.6) is 0 Å². The second-order valence-corrected chi connectivity index (χ2v) is 3.37. The van der Waals surface area contributed by atoms with E-state index >= 15 is 0 Å². The van der Waals surface area contributed by atoms with Gasteiger partial charge in [0, 0.05) is 19.1 Å². The first kappa shape index (κ1) is 8.94. The number of likely N-dealkylation sites (tertiary alicyclic amines) is 1. The summed E-state index contributed by atoms with van der Waals surface area (Å²) >= 11 is 0. The molecule has 0 N–H and O–H groups in total. The van der Waals surface area contributed by atoms with Crippen molar-refractivity contribution in [3.05, 3.63) is 0 Å². The molecule has 1 saturated heterocycles. The Bertz CT molecular complexity index is 119. The van der Waals surface area contributed by atoms with E-state index in [2.05, 4.69) is 16.8 Å². The Kier molecular flexibility index (Phi) is 3.27. The lowest BCUT2D eigenvalue weighted by molar-refractivity contribution is 0.222. The topological polar surface area (TPSA) is 6.48 Å². The van der Waals surface area contributed by atoms with Crippen LogP contribution in [0.4, 0.5) is 4.39 Å². The number of nitrogens with zero attached hydrogens (tertiary/aromatic N) is 2. The van der Waals surface area contributed by atoms with Gasteiger partial charge in [-0.05, 0) is 27.1 Å². The molecule has 0 unspecified atom stereocenters. The van der Waals surface area contributed by atoms with Gasteiger partial charge in [0.1, 0.15) is 6.67 Å². The smallest absolute Gasteiger partial charge is 0.102 e. The van der Waals surface area contributed by atoms with Crippen LogP contribution in [-0.4, -0.2) is 56.2 Å². The summed E-state index contributed by atoms with van der Waals surface area (Å²) in [5, 5.41) is 0. The van der Waals surface area contributed by atoms with Gasteiger partial charge < -0.3 is 4.90 Å². The van der Waals surface area contributed by atoms with E-state index in [1.165, 1.54) is 6.42 Å². The summed E-state index contributed by atoms with van der Waals surface area (Å²) in [6.45, 7) is 2.60. The summed E-state index contributed by atoms with van der Waals surface area (Å²) < 4.78 is 11.9. The molecule has 1 aliphatic rings. The molecule has 11 heavy (non-hydrogen) atoms. The Hall–Kier alpha value is -0.150. The van der Waals surface area contributed by atoms with E-state index in [1.807, 2.05) is 7.05 Å². The molecule has 1 heterocycles. The van der Waals surface area contributed by atoms with Crippen molar-refractivity contribution in [2.75, 3.05) is 40.4 Å². The zero-order chi connectivity index (χ0) is 8.27. The molecule has 0 spiro atoms. The minimum atomic E-state index is -0.225. The van der Waals surface area contributed by atoms with Gasteiger partial charge in [0.05, 0.1) is 0 Å². The second-order valence-electron chi connectivity index (χ2n) is 3.37. The molecule has 0 aromatic heterocycles. The fourth-order valence-corrected chi connectivity index (χ4v) is 1.59. The molecule has 0 saturated carbocycles. The van der Waals surface area contributed by atoms with Crippen LogP contribution in [-0.2, 0) is 0 Å². The van der Waals surface area contributed by atoms with Crippen LogP contribution in [0.1, 0.15) is 6.42 Å². The van der Waals surface area contributed by atoms with Gasteiger partial charge in [-0.1, -0.05) is 0 Å². The number of halogens is 1. The highest BCUT2D eigenvalue weighted by atomic mass is 19.1. The Labute approximate surface area is 68.0 Å². The van der Waals surface area contributed by atoms with Crippen molar-refractivity contribution in [2.24, 2.45) is 0 Å². The maximum Gasteiger partial charge on any atom is 0.102 e. The van der Waals surface area contributed by atoms with Gasteiger partial charge in [-0.2, -0.15) is 0 Å². The molecular weight excluding hydrogens is 143 g/mol. The predicted molar refractivity (Wildman–Crippen MR) is 44.5 cm³/mol. The first-order valence-corrected chi connectivity index (χ1v) is 4.19. The molecule has 3 heteroatoms. The lowest BCUT2D eigenvalue weighted by Crippen LogP contribution is -2.35. The highest BCUT2D eigenvalue weighted by Crippen LogP contribution is 2.11. The van der Waals surface area contributed by atoms with Crippen molar-refractivity contribution in [3.63, 3.8) is 0 Å². The number of hydrogen-bond acceptors (Lipinski definition) is 2. The second kappa shape index (κ2) is 4.02. The van der Waals surface area contributed by atoms with Crippen LogP contribution in [0, 0.1) is 0 Å². The van der Waals surface area contributed by atoms with Gasteiger partial charge >= 0.3 is 0 Å². The third-order valence-corrected chi connectivity index (χ3v) is 2.43. The normalized spacial score (nSPS) is 26.7. The average Bonchev–Trinajstić information content (AvgIpc) is 2.36. The molecule has 0 radical (unpaired) electrons. The van der Waals surface area contributed by atoms with Gasteiger partial charge in [0.15, 0.2) is 0 Å². The van der Waals surface area contributed by atoms with Crippen LogP contribution in [0.2, 0.25) is 0 Å². The quantitative estimate of drug-likeness (QED) is 0.596. The van der Waals surface area contributed by atoms with E-state index in [9.17, 15) is 4.39 Å². The van der Waals surface area contributed by atoms with Crippen LogP contribution in [0.15, 0.2) is 0 Å². The van der Waals surface area contributed by atoms with Crippen LogP contribution < -0.4 is 0 Å². The zero-order valence-corrected chi connectivity index (χ0v) is 7.39. The maximum atomic E-state index is 11.9. The molecule has 2 nitrogen and oxygen atoms in total. The Morgan fingerprint density at radius 3 is 2.82 bits per heavy atom. The van der Waals surface area contributed by atoms with Crippen molar-refractivity contribution in [1.82, 2.24) is 9.80 Å². The number of alkyl halides is 1. The van der Waals surface area contributed by atoms with Crippen molar-refractivity contribution >= 4 is 0 Å². The maximum absolute atomic E-state index is 11.9. The van der Waals surface area contributed by atoms with Gasteiger partial charge in [-0.25, -0.2) is 4.39 Å². The van der Waals surface area contributed by atoms with Crippen LogP contribution >= 0.6 is 0 Å². The van der Waals surface area contributed by atoms with Gasteiger partial charge in [0.25, 0.3) is 0 Å². The van der Waals surface area contributed by atoms with E-state index in [0.29, 0.717) is 12.6 Å². The molecule has 1 fully saturated rings. The minimum absolute atomic E-state index is 0.225. The van der Waals surface area contributed by atoms with Crippen molar-refractivity contribution < 1.29 is 4.39 Å². The summed E-state index contributed by atoms with van der Waals surface area (Å²) in [6, 6.07) is 0.579. The lowest BCUT2D eigenvalue weighted by atomic mass is 10.2. The lowest BCUT2D eigenvalue weighted by Gasteiger charge is -2.22. The summed E-state index contributed by atoms with van der Waals surface area (Å²) in [4.78, 5) is 4.41. The molecule has 1 rings (SSSR count). The SMILES string of the molecule is CN1CC[C@H](N(C)CCF)C1. The zero-order valence-electron chi connectivity index (χ0n) is 7.39. The monoisotopic (exact) mass is 160 g/mol. The molecule has 0 aromatic carbocycles. The summed E-state index contributed by atoms with van der Waals surface area (Å²) in [6.07, 6.45) is 1.19. The highest BCUT2D eigenvalue weighted by molar-refractivity contribution is 4.79. The Morgan fingerprint density at radius 1 is 1.64 bits per heavy atom. The van der Waals surface area contributed by atoms with E-state index < -0.39 is 0 Å².